The van der Waals surface area contributed by atoms with Crippen molar-refractivity contribution < 1.29 is 13.6 Å². The van der Waals surface area contributed by atoms with Crippen molar-refractivity contribution in [1.82, 2.24) is 19.9 Å². The van der Waals surface area contributed by atoms with Gasteiger partial charge in [-0.3, -0.25) is 4.79 Å². The number of fused-ring (bicyclic) bond motifs is 1. The fourth-order valence-electron chi connectivity index (χ4n) is 2.79. The summed E-state index contributed by atoms with van der Waals surface area (Å²) in [5.41, 5.74) is 0.984. The number of amides is 1. The highest BCUT2D eigenvalue weighted by atomic mass is 19.1. The highest BCUT2D eigenvalue weighted by molar-refractivity contribution is 5.94. The van der Waals surface area contributed by atoms with E-state index in [4.69, 9.17) is 0 Å². The topological polar surface area (TPSA) is 59.8 Å². The van der Waals surface area contributed by atoms with Crippen molar-refractivity contribution in [2.45, 2.75) is 26.3 Å². The normalized spacial score (nSPS) is 11.2. The van der Waals surface area contributed by atoms with E-state index in [9.17, 15) is 13.6 Å². The molecule has 5 nitrogen and oxygen atoms in total. The van der Waals surface area contributed by atoms with E-state index in [2.05, 4.69) is 15.3 Å². The molecule has 3 rings (SSSR count). The zero-order valence-corrected chi connectivity index (χ0v) is 14.0. The van der Waals surface area contributed by atoms with Crippen molar-refractivity contribution in [3.63, 3.8) is 0 Å². The van der Waals surface area contributed by atoms with E-state index in [-0.39, 0.29) is 12.6 Å². The summed E-state index contributed by atoms with van der Waals surface area (Å²) >= 11 is 0. The Morgan fingerprint density at radius 2 is 1.92 bits per heavy atom. The Hall–Kier alpha value is -2.83. The Kier molecular flexibility index (Phi) is 4.74. The first kappa shape index (κ1) is 17.0. The predicted octanol–water partition coefficient (Wildman–Crippen LogP) is 3.26. The second-order valence-corrected chi connectivity index (χ2v) is 5.94. The molecule has 0 radical (unpaired) electrons. The maximum Gasteiger partial charge on any atom is 0.257 e. The minimum Gasteiger partial charge on any atom is -0.351 e. The zero-order valence-electron chi connectivity index (χ0n) is 14.0. The first-order valence-corrected chi connectivity index (χ1v) is 8.03. The summed E-state index contributed by atoms with van der Waals surface area (Å²) in [5.74, 6) is -1.77. The van der Waals surface area contributed by atoms with Crippen LogP contribution in [0.5, 0.6) is 0 Å². The third kappa shape index (κ3) is 3.35. The highest BCUT2D eigenvalue weighted by Gasteiger charge is 2.18. The molecule has 0 atom stereocenters. The molecule has 1 amide bonds. The molecule has 0 aliphatic heterocycles. The van der Waals surface area contributed by atoms with Gasteiger partial charge in [0, 0.05) is 25.2 Å². The second-order valence-electron chi connectivity index (χ2n) is 5.94. The third-order valence-corrected chi connectivity index (χ3v) is 3.86. The SMILES string of the molecule is CC(C)n1c(CCNC(=O)c2c(F)cccc2F)nc2cccnc21. The van der Waals surface area contributed by atoms with Gasteiger partial charge in [0.2, 0.25) is 0 Å². The molecular weight excluding hydrogens is 326 g/mol. The monoisotopic (exact) mass is 344 g/mol. The molecule has 25 heavy (non-hydrogen) atoms. The van der Waals surface area contributed by atoms with Gasteiger partial charge in [-0.05, 0) is 38.1 Å². The molecule has 1 N–H and O–H groups in total. The summed E-state index contributed by atoms with van der Waals surface area (Å²) in [6.07, 6.45) is 2.13. The number of hydrogen-bond donors (Lipinski definition) is 1. The summed E-state index contributed by atoms with van der Waals surface area (Å²) in [6, 6.07) is 7.17. The van der Waals surface area contributed by atoms with E-state index < -0.39 is 23.1 Å². The third-order valence-electron chi connectivity index (χ3n) is 3.86. The van der Waals surface area contributed by atoms with Crippen molar-refractivity contribution in [1.29, 1.82) is 0 Å². The van der Waals surface area contributed by atoms with Gasteiger partial charge in [-0.1, -0.05) is 6.07 Å². The molecule has 0 saturated carbocycles. The van der Waals surface area contributed by atoms with Crippen molar-refractivity contribution in [2.75, 3.05) is 6.54 Å². The molecule has 0 bridgehead atoms. The van der Waals surface area contributed by atoms with E-state index in [1.807, 2.05) is 30.5 Å². The molecular formula is C18H18F2N4O. The first-order chi connectivity index (χ1) is 12.0. The van der Waals surface area contributed by atoms with Crippen LogP contribution in [0, 0.1) is 11.6 Å². The largest absolute Gasteiger partial charge is 0.351 e. The molecule has 7 heteroatoms. The van der Waals surface area contributed by atoms with E-state index in [1.54, 1.807) is 6.20 Å². The Balaban J connectivity index is 1.75. The van der Waals surface area contributed by atoms with Crippen LogP contribution in [0.1, 0.15) is 36.1 Å². The van der Waals surface area contributed by atoms with E-state index in [0.29, 0.717) is 6.42 Å². The average molecular weight is 344 g/mol. The van der Waals surface area contributed by atoms with Gasteiger partial charge in [0.15, 0.2) is 5.65 Å². The number of nitrogens with zero attached hydrogens (tertiary/aromatic N) is 3. The lowest BCUT2D eigenvalue weighted by molar-refractivity contribution is 0.0945. The van der Waals surface area contributed by atoms with Crippen LogP contribution >= 0.6 is 0 Å². The van der Waals surface area contributed by atoms with Crippen LogP contribution in [0.3, 0.4) is 0 Å². The van der Waals surface area contributed by atoms with Crippen molar-refractivity contribution in [3.8, 4) is 0 Å². The van der Waals surface area contributed by atoms with Crippen LogP contribution in [-0.2, 0) is 6.42 Å². The Morgan fingerprint density at radius 1 is 1.20 bits per heavy atom. The lowest BCUT2D eigenvalue weighted by Gasteiger charge is -2.12. The van der Waals surface area contributed by atoms with Crippen molar-refractivity contribution in [3.05, 3.63) is 59.6 Å². The van der Waals surface area contributed by atoms with Crippen LogP contribution in [-0.4, -0.2) is 27.0 Å². The average Bonchev–Trinajstić information content (AvgIpc) is 2.93. The fraction of sp³-hybridized carbons (Fsp3) is 0.278. The van der Waals surface area contributed by atoms with Gasteiger partial charge in [0.25, 0.3) is 5.91 Å². The maximum atomic E-state index is 13.6. The van der Waals surface area contributed by atoms with Gasteiger partial charge in [0.05, 0.1) is 0 Å². The van der Waals surface area contributed by atoms with Gasteiger partial charge in [-0.15, -0.1) is 0 Å². The number of nitrogens with one attached hydrogen (secondary N) is 1. The first-order valence-electron chi connectivity index (χ1n) is 8.03. The van der Waals surface area contributed by atoms with Crippen LogP contribution in [0.4, 0.5) is 8.78 Å². The Morgan fingerprint density at radius 3 is 2.60 bits per heavy atom. The molecule has 2 aromatic heterocycles. The molecule has 0 aliphatic carbocycles. The molecule has 0 unspecified atom stereocenters. The second kappa shape index (κ2) is 6.96. The molecule has 1 aromatic carbocycles. The number of aromatic nitrogens is 3. The standard InChI is InChI=1S/C18H18F2N4O/c1-11(2)24-15(23-14-7-4-9-21-17(14)24)8-10-22-18(25)16-12(19)5-3-6-13(16)20/h3-7,9,11H,8,10H2,1-2H3,(H,22,25). The van der Waals surface area contributed by atoms with Crippen molar-refractivity contribution >= 4 is 17.1 Å². The predicted molar refractivity (Wildman–Crippen MR) is 90.3 cm³/mol. The van der Waals surface area contributed by atoms with Crippen LogP contribution in [0.15, 0.2) is 36.5 Å². The molecule has 2 heterocycles. The van der Waals surface area contributed by atoms with Gasteiger partial charge in [-0.25, -0.2) is 18.7 Å². The van der Waals surface area contributed by atoms with E-state index in [0.717, 1.165) is 29.1 Å². The van der Waals surface area contributed by atoms with Crippen LogP contribution in [0.25, 0.3) is 11.2 Å². The molecule has 3 aromatic rings. The van der Waals surface area contributed by atoms with E-state index in [1.165, 1.54) is 6.07 Å². The number of carbonyl (C=O) groups excluding carboxylic acids is 1. The maximum absolute atomic E-state index is 13.6. The Bertz CT molecular complexity index is 900. The number of rotatable bonds is 5. The number of carbonyl (C=O) groups is 1. The summed E-state index contributed by atoms with van der Waals surface area (Å²) in [7, 11) is 0. The van der Waals surface area contributed by atoms with Crippen LogP contribution < -0.4 is 5.32 Å². The minimum absolute atomic E-state index is 0.148. The number of halogens is 2. The number of pyridine rings is 1. The summed E-state index contributed by atoms with van der Waals surface area (Å²) < 4.78 is 29.3. The van der Waals surface area contributed by atoms with Crippen molar-refractivity contribution in [2.24, 2.45) is 0 Å². The fourth-order valence-corrected chi connectivity index (χ4v) is 2.79. The number of imidazole rings is 1. The van der Waals surface area contributed by atoms with Gasteiger partial charge < -0.3 is 9.88 Å². The summed E-state index contributed by atoms with van der Waals surface area (Å²) in [6.45, 7) is 4.25. The van der Waals surface area contributed by atoms with E-state index >= 15 is 0 Å². The lowest BCUT2D eigenvalue weighted by Crippen LogP contribution is -2.28. The quantitative estimate of drug-likeness (QED) is 0.773. The molecule has 0 spiro atoms. The molecule has 0 fully saturated rings. The molecule has 0 saturated heterocycles. The lowest BCUT2D eigenvalue weighted by atomic mass is 10.2. The zero-order chi connectivity index (χ0) is 18.0. The smallest absolute Gasteiger partial charge is 0.257 e. The Labute approximate surface area is 143 Å². The summed E-state index contributed by atoms with van der Waals surface area (Å²) in [4.78, 5) is 20.9. The van der Waals surface area contributed by atoms with Gasteiger partial charge >= 0.3 is 0 Å². The highest BCUT2D eigenvalue weighted by Crippen LogP contribution is 2.19. The number of hydrogen-bond acceptors (Lipinski definition) is 3. The molecule has 130 valence electrons. The van der Waals surface area contributed by atoms with Crippen LogP contribution in [0.2, 0.25) is 0 Å². The molecule has 0 aliphatic rings. The summed E-state index contributed by atoms with van der Waals surface area (Å²) in [5, 5.41) is 2.55. The van der Waals surface area contributed by atoms with Gasteiger partial charge in [-0.2, -0.15) is 0 Å². The number of benzene rings is 1. The van der Waals surface area contributed by atoms with Gasteiger partial charge in [0.1, 0.15) is 28.5 Å². The minimum atomic E-state index is -0.879.